The van der Waals surface area contributed by atoms with Crippen molar-refractivity contribution in [2.75, 3.05) is 37.3 Å². The Morgan fingerprint density at radius 1 is 1.03 bits per heavy atom. The van der Waals surface area contributed by atoms with Gasteiger partial charge in [-0.3, -0.25) is 4.79 Å². The van der Waals surface area contributed by atoms with E-state index in [9.17, 15) is 4.79 Å². The van der Waals surface area contributed by atoms with E-state index in [1.165, 1.54) is 28.6 Å². The Balaban J connectivity index is 1.54. The highest BCUT2D eigenvalue weighted by Gasteiger charge is 2.27. The van der Waals surface area contributed by atoms with E-state index in [1.807, 2.05) is 24.1 Å². The van der Waals surface area contributed by atoms with Gasteiger partial charge in [-0.2, -0.15) is 0 Å². The fourth-order valence-electron chi connectivity index (χ4n) is 3.84. The van der Waals surface area contributed by atoms with Gasteiger partial charge in [-0.25, -0.2) is 9.97 Å². The van der Waals surface area contributed by atoms with E-state index in [-0.39, 0.29) is 5.91 Å². The largest absolute Gasteiger partial charge is 0.461 e. The number of hydrogen-bond donors (Lipinski definition) is 0. The predicted octanol–water partition coefficient (Wildman–Crippen LogP) is 4.35. The van der Waals surface area contributed by atoms with Crippen molar-refractivity contribution in [3.63, 3.8) is 0 Å². The van der Waals surface area contributed by atoms with Crippen molar-refractivity contribution in [3.8, 4) is 11.6 Å². The molecule has 0 spiro atoms. The molecule has 0 radical (unpaired) electrons. The maximum Gasteiger partial charge on any atom is 0.258 e. The Kier molecular flexibility index (Phi) is 5.81. The summed E-state index contributed by atoms with van der Waals surface area (Å²) in [7, 11) is 0. The van der Waals surface area contributed by atoms with E-state index in [4.69, 9.17) is 4.42 Å². The van der Waals surface area contributed by atoms with Crippen LogP contribution in [0.5, 0.6) is 0 Å². The second-order valence-corrected chi connectivity index (χ2v) is 8.29. The lowest BCUT2D eigenvalue weighted by atomic mass is 10.1. The smallest absolute Gasteiger partial charge is 0.258 e. The molecule has 0 unspecified atom stereocenters. The summed E-state index contributed by atoms with van der Waals surface area (Å²) in [6.07, 6.45) is 3.53. The van der Waals surface area contributed by atoms with Crippen LogP contribution in [0.2, 0.25) is 0 Å². The molecule has 3 heterocycles. The van der Waals surface area contributed by atoms with Gasteiger partial charge >= 0.3 is 0 Å². The van der Waals surface area contributed by atoms with Crippen LogP contribution < -0.4 is 4.90 Å². The van der Waals surface area contributed by atoms with Gasteiger partial charge < -0.3 is 14.2 Å². The minimum atomic E-state index is 0.00320. The lowest BCUT2D eigenvalue weighted by molar-refractivity contribution is 0.0741. The van der Waals surface area contributed by atoms with E-state index in [0.717, 1.165) is 13.1 Å². The molecular weight excluding hydrogens is 396 g/mol. The van der Waals surface area contributed by atoms with Crippen molar-refractivity contribution < 1.29 is 9.21 Å². The first-order valence-corrected chi connectivity index (χ1v) is 11.3. The van der Waals surface area contributed by atoms with E-state index in [0.29, 0.717) is 41.0 Å². The van der Waals surface area contributed by atoms with Crippen molar-refractivity contribution in [3.05, 3.63) is 59.0 Å². The summed E-state index contributed by atoms with van der Waals surface area (Å²) >= 11 is 1.46. The maximum absolute atomic E-state index is 13.4. The molecule has 6 nitrogen and oxygen atoms in total. The Labute approximate surface area is 181 Å². The van der Waals surface area contributed by atoms with Crippen LogP contribution in [-0.2, 0) is 0 Å². The SMILES string of the molecule is CSc1nc(-c2ccco2)nc(C)c1C(=O)N1CCN(c2cccc(C)c2C)CC1. The summed E-state index contributed by atoms with van der Waals surface area (Å²) in [5.41, 5.74) is 5.13. The van der Waals surface area contributed by atoms with Gasteiger partial charge in [0.05, 0.1) is 17.5 Å². The topological polar surface area (TPSA) is 62.5 Å². The molecule has 0 bridgehead atoms. The standard InChI is InChI=1S/C23H26N4O2S/c1-15-7-5-8-18(16(15)2)26-10-12-27(13-11-26)23(28)20-17(3)24-21(25-22(20)30-4)19-9-6-14-29-19/h5-9,14H,10-13H2,1-4H3. The Morgan fingerprint density at radius 2 is 1.80 bits per heavy atom. The van der Waals surface area contributed by atoms with Gasteiger partial charge in [0.2, 0.25) is 0 Å². The number of thioether (sulfide) groups is 1. The second-order valence-electron chi connectivity index (χ2n) is 7.49. The molecule has 30 heavy (non-hydrogen) atoms. The van der Waals surface area contributed by atoms with E-state index >= 15 is 0 Å². The molecule has 1 aromatic carbocycles. The first kappa shape index (κ1) is 20.5. The molecule has 7 heteroatoms. The summed E-state index contributed by atoms with van der Waals surface area (Å²) in [4.78, 5) is 26.8. The third kappa shape index (κ3) is 3.81. The molecule has 1 aliphatic heterocycles. The molecule has 1 aliphatic rings. The molecule has 1 saturated heterocycles. The van der Waals surface area contributed by atoms with Crippen molar-refractivity contribution in [2.24, 2.45) is 0 Å². The molecular formula is C23H26N4O2S. The summed E-state index contributed by atoms with van der Waals surface area (Å²) in [6, 6.07) is 10.0. The lowest BCUT2D eigenvalue weighted by Gasteiger charge is -2.37. The fraction of sp³-hybridized carbons (Fsp3) is 0.348. The molecule has 1 amide bonds. The molecule has 156 valence electrons. The van der Waals surface area contributed by atoms with Crippen molar-refractivity contribution >= 4 is 23.4 Å². The minimum absolute atomic E-state index is 0.00320. The van der Waals surface area contributed by atoms with Crippen LogP contribution >= 0.6 is 11.8 Å². The fourth-order valence-corrected chi connectivity index (χ4v) is 4.46. The Bertz CT molecular complexity index is 1060. The van der Waals surface area contributed by atoms with Crippen LogP contribution in [-0.4, -0.2) is 53.2 Å². The number of piperazine rings is 1. The predicted molar refractivity (Wildman–Crippen MR) is 120 cm³/mol. The lowest BCUT2D eigenvalue weighted by Crippen LogP contribution is -2.49. The molecule has 0 atom stereocenters. The van der Waals surface area contributed by atoms with Crippen LogP contribution in [0.4, 0.5) is 5.69 Å². The molecule has 2 aromatic heterocycles. The molecule has 0 aliphatic carbocycles. The van der Waals surface area contributed by atoms with E-state index in [1.54, 1.807) is 12.3 Å². The molecule has 1 fully saturated rings. The summed E-state index contributed by atoms with van der Waals surface area (Å²) in [5, 5.41) is 0.691. The molecule has 0 N–H and O–H groups in total. The highest BCUT2D eigenvalue weighted by atomic mass is 32.2. The quantitative estimate of drug-likeness (QED) is 0.460. The van der Waals surface area contributed by atoms with Gasteiger partial charge in [0.25, 0.3) is 5.91 Å². The van der Waals surface area contributed by atoms with Gasteiger partial charge in [-0.15, -0.1) is 11.8 Å². The Hall–Kier alpha value is -2.80. The normalized spacial score (nSPS) is 14.3. The Morgan fingerprint density at radius 3 is 2.47 bits per heavy atom. The van der Waals surface area contributed by atoms with Crippen LogP contribution in [0.15, 0.2) is 46.0 Å². The zero-order chi connectivity index (χ0) is 21.3. The highest BCUT2D eigenvalue weighted by molar-refractivity contribution is 7.98. The zero-order valence-corrected chi connectivity index (χ0v) is 18.6. The number of rotatable bonds is 4. The van der Waals surface area contributed by atoms with Crippen LogP contribution in [0, 0.1) is 20.8 Å². The number of aryl methyl sites for hydroxylation is 2. The number of hydrogen-bond acceptors (Lipinski definition) is 6. The number of anilines is 1. The number of aromatic nitrogens is 2. The van der Waals surface area contributed by atoms with Crippen LogP contribution in [0.25, 0.3) is 11.6 Å². The van der Waals surface area contributed by atoms with Gasteiger partial charge in [0.1, 0.15) is 5.03 Å². The molecule has 3 aromatic rings. The van der Waals surface area contributed by atoms with Crippen molar-refractivity contribution in [2.45, 2.75) is 25.8 Å². The first-order chi connectivity index (χ1) is 14.5. The first-order valence-electron chi connectivity index (χ1n) is 10.1. The number of carbonyl (C=O) groups is 1. The monoisotopic (exact) mass is 422 g/mol. The van der Waals surface area contributed by atoms with Crippen LogP contribution in [0.1, 0.15) is 27.2 Å². The summed E-state index contributed by atoms with van der Waals surface area (Å²) in [5.74, 6) is 1.12. The number of nitrogens with zero attached hydrogens (tertiary/aromatic N) is 4. The zero-order valence-electron chi connectivity index (χ0n) is 17.8. The number of carbonyl (C=O) groups excluding carboxylic acids is 1. The number of amides is 1. The van der Waals surface area contributed by atoms with Gasteiger partial charge in [0, 0.05) is 31.9 Å². The molecule has 0 saturated carbocycles. The average molecular weight is 423 g/mol. The van der Waals surface area contributed by atoms with E-state index < -0.39 is 0 Å². The van der Waals surface area contributed by atoms with Crippen molar-refractivity contribution in [1.29, 1.82) is 0 Å². The second kappa shape index (κ2) is 8.52. The maximum atomic E-state index is 13.4. The molecule has 4 rings (SSSR count). The van der Waals surface area contributed by atoms with Gasteiger partial charge in [-0.05, 0) is 56.4 Å². The van der Waals surface area contributed by atoms with E-state index in [2.05, 4.69) is 46.9 Å². The number of furan rings is 1. The highest BCUT2D eigenvalue weighted by Crippen LogP contribution is 2.28. The third-order valence-electron chi connectivity index (χ3n) is 5.69. The van der Waals surface area contributed by atoms with Crippen molar-refractivity contribution in [1.82, 2.24) is 14.9 Å². The average Bonchev–Trinajstić information content (AvgIpc) is 3.30. The summed E-state index contributed by atoms with van der Waals surface area (Å²) < 4.78 is 5.43. The van der Waals surface area contributed by atoms with Gasteiger partial charge in [0.15, 0.2) is 11.6 Å². The van der Waals surface area contributed by atoms with Gasteiger partial charge in [-0.1, -0.05) is 12.1 Å². The third-order valence-corrected chi connectivity index (χ3v) is 6.37. The number of benzene rings is 1. The summed E-state index contributed by atoms with van der Waals surface area (Å²) in [6.45, 7) is 9.15. The minimum Gasteiger partial charge on any atom is -0.461 e. The van der Waals surface area contributed by atoms with Crippen LogP contribution in [0.3, 0.4) is 0 Å².